The first-order chi connectivity index (χ1) is 17.0. The van der Waals surface area contributed by atoms with Crippen molar-refractivity contribution in [2.45, 2.75) is 38.7 Å². The van der Waals surface area contributed by atoms with Gasteiger partial charge in [0.05, 0.1) is 26.5 Å². The number of rotatable bonds is 8. The molecule has 3 aromatic rings. The van der Waals surface area contributed by atoms with Crippen LogP contribution in [0.15, 0.2) is 48.5 Å². The molecule has 35 heavy (non-hydrogen) atoms. The van der Waals surface area contributed by atoms with Crippen molar-refractivity contribution in [1.29, 1.82) is 0 Å². The summed E-state index contributed by atoms with van der Waals surface area (Å²) in [7, 11) is 2.42. The predicted molar refractivity (Wildman–Crippen MR) is 128 cm³/mol. The van der Waals surface area contributed by atoms with Crippen LogP contribution in [-0.2, 0) is 20.8 Å². The summed E-state index contributed by atoms with van der Waals surface area (Å²) < 4.78 is 32.0. The molecule has 0 saturated heterocycles. The van der Waals surface area contributed by atoms with Crippen LogP contribution >= 0.6 is 0 Å². The number of ether oxygens (including phenoxy) is 3. The summed E-state index contributed by atoms with van der Waals surface area (Å²) in [6.07, 6.45) is 6.04. The molecule has 0 aliphatic heterocycles. The maximum atomic E-state index is 15.0. The average molecular weight is 481 g/mol. The van der Waals surface area contributed by atoms with Gasteiger partial charge in [0.2, 0.25) is 0 Å². The molecule has 0 radical (unpaired) electrons. The molecule has 1 saturated carbocycles. The van der Waals surface area contributed by atoms with Crippen molar-refractivity contribution in [2.75, 3.05) is 20.8 Å². The second-order valence-corrected chi connectivity index (χ2v) is 8.63. The quantitative estimate of drug-likeness (QED) is 0.405. The molecule has 1 aliphatic rings. The lowest BCUT2D eigenvalue weighted by atomic mass is 9.90. The molecule has 1 aliphatic carbocycles. The first kappa shape index (κ1) is 24.6. The minimum absolute atomic E-state index is 0.0936. The van der Waals surface area contributed by atoms with E-state index in [0.29, 0.717) is 29.3 Å². The number of para-hydroxylation sites is 1. The molecule has 0 atom stereocenters. The van der Waals surface area contributed by atoms with Crippen molar-refractivity contribution < 1.29 is 28.2 Å². The molecule has 1 heterocycles. The minimum Gasteiger partial charge on any atom is -0.465 e. The Morgan fingerprint density at radius 1 is 1.00 bits per heavy atom. The summed E-state index contributed by atoms with van der Waals surface area (Å²) in [5, 5.41) is 4.50. The van der Waals surface area contributed by atoms with Gasteiger partial charge in [-0.2, -0.15) is 5.10 Å². The van der Waals surface area contributed by atoms with Crippen LogP contribution < -0.4 is 0 Å². The zero-order chi connectivity index (χ0) is 24.8. The molecule has 4 rings (SSSR count). The van der Waals surface area contributed by atoms with E-state index in [9.17, 15) is 9.59 Å². The maximum absolute atomic E-state index is 15.0. The van der Waals surface area contributed by atoms with Crippen LogP contribution in [0.1, 0.15) is 58.5 Å². The average Bonchev–Trinajstić information content (AvgIpc) is 3.30. The molecule has 184 valence electrons. The lowest BCUT2D eigenvalue weighted by Gasteiger charge is -2.21. The molecule has 0 N–H and O–H groups in total. The Hall–Kier alpha value is -3.52. The van der Waals surface area contributed by atoms with Gasteiger partial charge in [0.15, 0.2) is 5.69 Å². The minimum atomic E-state index is -0.775. The third kappa shape index (κ3) is 5.43. The molecule has 2 aromatic carbocycles. The van der Waals surface area contributed by atoms with Crippen molar-refractivity contribution >= 4 is 11.9 Å². The molecular formula is C27H29FN2O5. The first-order valence-electron chi connectivity index (χ1n) is 11.7. The Labute approximate surface area is 203 Å². The second kappa shape index (κ2) is 11.3. The van der Waals surface area contributed by atoms with Gasteiger partial charge in [0.1, 0.15) is 17.1 Å². The van der Waals surface area contributed by atoms with Crippen molar-refractivity contribution in [2.24, 2.45) is 5.92 Å². The molecule has 0 spiro atoms. The fourth-order valence-corrected chi connectivity index (χ4v) is 4.46. The van der Waals surface area contributed by atoms with Gasteiger partial charge in [0, 0.05) is 17.7 Å². The van der Waals surface area contributed by atoms with Crippen molar-refractivity contribution in [1.82, 2.24) is 9.78 Å². The van der Waals surface area contributed by atoms with Gasteiger partial charge in [-0.05, 0) is 37.0 Å². The maximum Gasteiger partial charge on any atom is 0.357 e. The van der Waals surface area contributed by atoms with E-state index in [2.05, 4.69) is 5.10 Å². The number of carbonyl (C=O) groups is 2. The first-order valence-corrected chi connectivity index (χ1v) is 11.7. The summed E-state index contributed by atoms with van der Waals surface area (Å²) in [6, 6.07) is 13.4. The molecule has 0 unspecified atom stereocenters. The Morgan fingerprint density at radius 2 is 1.71 bits per heavy atom. The molecule has 0 bridgehead atoms. The molecule has 0 amide bonds. The number of esters is 2. The Balaban J connectivity index is 1.68. The number of carbonyl (C=O) groups excluding carboxylic acids is 2. The number of nitrogens with zero attached hydrogens (tertiary/aromatic N) is 2. The van der Waals surface area contributed by atoms with Gasteiger partial charge in [0.25, 0.3) is 0 Å². The molecule has 1 fully saturated rings. The van der Waals surface area contributed by atoms with E-state index >= 15 is 4.39 Å². The Bertz CT molecular complexity index is 1190. The third-order valence-electron chi connectivity index (χ3n) is 6.32. The highest BCUT2D eigenvalue weighted by molar-refractivity contribution is 6.06. The van der Waals surface area contributed by atoms with Gasteiger partial charge in [-0.1, -0.05) is 49.6 Å². The van der Waals surface area contributed by atoms with Crippen LogP contribution in [0.2, 0.25) is 0 Å². The zero-order valence-corrected chi connectivity index (χ0v) is 20.0. The second-order valence-electron chi connectivity index (χ2n) is 8.63. The highest BCUT2D eigenvalue weighted by atomic mass is 19.1. The van der Waals surface area contributed by atoms with E-state index in [4.69, 9.17) is 14.2 Å². The summed E-state index contributed by atoms with van der Waals surface area (Å²) in [4.78, 5) is 25.4. The summed E-state index contributed by atoms with van der Waals surface area (Å²) in [5.41, 5.74) is 1.22. The summed E-state index contributed by atoms with van der Waals surface area (Å²) in [6.45, 7) is 0.788. The van der Waals surface area contributed by atoms with Crippen LogP contribution in [0.5, 0.6) is 0 Å². The topological polar surface area (TPSA) is 79.7 Å². The molecular weight excluding hydrogens is 451 g/mol. The van der Waals surface area contributed by atoms with Crippen LogP contribution in [0.3, 0.4) is 0 Å². The van der Waals surface area contributed by atoms with E-state index in [1.165, 1.54) is 44.2 Å². The van der Waals surface area contributed by atoms with Crippen LogP contribution in [-0.4, -0.2) is 42.5 Å². The largest absolute Gasteiger partial charge is 0.465 e. The molecule has 7 nitrogen and oxygen atoms in total. The summed E-state index contributed by atoms with van der Waals surface area (Å²) in [5.74, 6) is -1.48. The fraction of sp³-hybridized carbons (Fsp3) is 0.370. The van der Waals surface area contributed by atoms with Gasteiger partial charge >= 0.3 is 11.9 Å². The molecule has 8 heteroatoms. The van der Waals surface area contributed by atoms with E-state index < -0.39 is 17.8 Å². The third-order valence-corrected chi connectivity index (χ3v) is 6.32. The van der Waals surface area contributed by atoms with Gasteiger partial charge < -0.3 is 14.2 Å². The number of methoxy groups -OCH3 is 2. The number of aromatic nitrogens is 2. The van der Waals surface area contributed by atoms with Crippen molar-refractivity contribution in [3.8, 4) is 16.9 Å². The van der Waals surface area contributed by atoms with Gasteiger partial charge in [-0.25, -0.2) is 18.7 Å². The fourth-order valence-electron chi connectivity index (χ4n) is 4.46. The van der Waals surface area contributed by atoms with Gasteiger partial charge in [-0.15, -0.1) is 0 Å². The van der Waals surface area contributed by atoms with E-state index in [-0.39, 0.29) is 23.6 Å². The standard InChI is InChI=1S/C27H29FN2O5/c1-33-26(31)23-24(29-30(25(23)27(32)34-2)21-11-7-4-8-12-21)19-13-14-20(22(28)15-19)17-35-16-18-9-5-3-6-10-18/h4,7-8,11-15,18H,3,5-6,9-10,16-17H2,1-2H3. The lowest BCUT2D eigenvalue weighted by Crippen LogP contribution is -2.15. The predicted octanol–water partition coefficient (Wildman–Crippen LogP) is 5.35. The number of benzene rings is 2. The highest BCUT2D eigenvalue weighted by Crippen LogP contribution is 2.31. The number of hydrogen-bond acceptors (Lipinski definition) is 6. The monoisotopic (exact) mass is 480 g/mol. The number of hydrogen-bond donors (Lipinski definition) is 0. The zero-order valence-electron chi connectivity index (χ0n) is 20.0. The van der Waals surface area contributed by atoms with Gasteiger partial charge in [-0.3, -0.25) is 0 Å². The van der Waals surface area contributed by atoms with Crippen LogP contribution in [0.4, 0.5) is 4.39 Å². The van der Waals surface area contributed by atoms with Crippen molar-refractivity contribution in [3.05, 3.63) is 71.2 Å². The van der Waals surface area contributed by atoms with Crippen LogP contribution in [0, 0.1) is 11.7 Å². The van der Waals surface area contributed by atoms with E-state index in [1.54, 1.807) is 36.4 Å². The lowest BCUT2D eigenvalue weighted by molar-refractivity contribution is 0.0549. The summed E-state index contributed by atoms with van der Waals surface area (Å²) >= 11 is 0. The van der Waals surface area contributed by atoms with Crippen molar-refractivity contribution in [3.63, 3.8) is 0 Å². The Kier molecular flexibility index (Phi) is 7.92. The number of halogens is 1. The van der Waals surface area contributed by atoms with Crippen LogP contribution in [0.25, 0.3) is 16.9 Å². The normalized spacial score (nSPS) is 14.0. The smallest absolute Gasteiger partial charge is 0.357 e. The van der Waals surface area contributed by atoms with E-state index in [0.717, 1.165) is 12.8 Å². The Morgan fingerprint density at radius 3 is 2.37 bits per heavy atom. The highest BCUT2D eigenvalue weighted by Gasteiger charge is 2.31. The molecule has 1 aromatic heterocycles. The SMILES string of the molecule is COC(=O)c1c(-c2ccc(COCC3CCCCC3)c(F)c2)nn(-c2ccccc2)c1C(=O)OC. The van der Waals surface area contributed by atoms with E-state index in [1.807, 2.05) is 6.07 Å².